The van der Waals surface area contributed by atoms with E-state index in [1.54, 1.807) is 6.92 Å². The summed E-state index contributed by atoms with van der Waals surface area (Å²) in [6.45, 7) is 2.55. The highest BCUT2D eigenvalue weighted by Crippen LogP contribution is 2.38. The van der Waals surface area contributed by atoms with Gasteiger partial charge in [0.1, 0.15) is 11.3 Å². The topological polar surface area (TPSA) is 68.5 Å². The Morgan fingerprint density at radius 3 is 2.77 bits per heavy atom. The molecule has 1 saturated carbocycles. The summed E-state index contributed by atoms with van der Waals surface area (Å²) in [4.78, 5) is 24.9. The van der Waals surface area contributed by atoms with Crippen molar-refractivity contribution in [3.05, 3.63) is 69.3 Å². The molecular weight excluding hydrogens is 330 g/mol. The molecule has 4 rings (SSSR count). The number of benzene rings is 1. The molecule has 2 heterocycles. The molecule has 0 spiro atoms. The molecule has 1 aliphatic heterocycles. The van der Waals surface area contributed by atoms with Gasteiger partial charge in [-0.2, -0.15) is 0 Å². The number of ether oxygens (including phenoxy) is 1. The fourth-order valence-electron chi connectivity index (χ4n) is 3.99. The van der Waals surface area contributed by atoms with Crippen molar-refractivity contribution >= 4 is 5.91 Å². The third kappa shape index (κ3) is 3.31. The van der Waals surface area contributed by atoms with Crippen molar-refractivity contribution in [3.8, 4) is 0 Å². The summed E-state index contributed by atoms with van der Waals surface area (Å²) < 4.78 is 11.0. The Morgan fingerprint density at radius 2 is 2.04 bits per heavy atom. The molecule has 5 nitrogen and oxygen atoms in total. The molecule has 0 unspecified atom stereocenters. The Morgan fingerprint density at radius 1 is 1.23 bits per heavy atom. The van der Waals surface area contributed by atoms with Crippen LogP contribution in [-0.4, -0.2) is 24.7 Å². The number of fused-ring (bicyclic) bond motifs is 1. The monoisotopic (exact) mass is 353 g/mol. The minimum atomic E-state index is -0.552. The van der Waals surface area contributed by atoms with Crippen LogP contribution in [0.2, 0.25) is 0 Å². The molecule has 2 fully saturated rings. The molecule has 1 aliphatic carbocycles. The highest BCUT2D eigenvalue weighted by molar-refractivity contribution is 5.95. The van der Waals surface area contributed by atoms with Crippen LogP contribution in [0.25, 0.3) is 0 Å². The van der Waals surface area contributed by atoms with Crippen molar-refractivity contribution in [1.82, 2.24) is 5.32 Å². The fraction of sp³-hybridized carbons (Fsp3) is 0.429. The molecule has 5 heteroatoms. The Hall–Kier alpha value is -2.40. The van der Waals surface area contributed by atoms with Crippen molar-refractivity contribution in [2.24, 2.45) is 5.92 Å². The van der Waals surface area contributed by atoms with Crippen LogP contribution in [0.5, 0.6) is 0 Å². The van der Waals surface area contributed by atoms with Gasteiger partial charge in [0.25, 0.3) is 5.91 Å². The van der Waals surface area contributed by atoms with Gasteiger partial charge < -0.3 is 14.5 Å². The molecule has 136 valence electrons. The van der Waals surface area contributed by atoms with E-state index >= 15 is 0 Å². The van der Waals surface area contributed by atoms with Crippen molar-refractivity contribution in [2.45, 2.75) is 44.8 Å². The maximum absolute atomic E-state index is 12.6. The highest BCUT2D eigenvalue weighted by atomic mass is 16.5. The van der Waals surface area contributed by atoms with Crippen LogP contribution in [0.1, 0.15) is 40.1 Å². The van der Waals surface area contributed by atoms with Crippen molar-refractivity contribution in [3.63, 3.8) is 0 Å². The van der Waals surface area contributed by atoms with E-state index in [4.69, 9.17) is 9.15 Å². The average molecular weight is 353 g/mol. The van der Waals surface area contributed by atoms with Crippen LogP contribution in [0.4, 0.5) is 0 Å². The Labute approximate surface area is 152 Å². The number of amides is 1. The van der Waals surface area contributed by atoms with Gasteiger partial charge in [-0.1, -0.05) is 30.3 Å². The molecule has 1 aromatic carbocycles. The van der Waals surface area contributed by atoms with Gasteiger partial charge in [-0.25, -0.2) is 4.79 Å². The van der Waals surface area contributed by atoms with Gasteiger partial charge in [0.2, 0.25) is 0 Å². The molecule has 1 N–H and O–H groups in total. The molecule has 1 amide bonds. The molecule has 0 radical (unpaired) electrons. The summed E-state index contributed by atoms with van der Waals surface area (Å²) in [7, 11) is 0. The zero-order chi connectivity index (χ0) is 18.1. The van der Waals surface area contributed by atoms with Crippen LogP contribution in [0.3, 0.4) is 0 Å². The molecule has 2 aromatic rings. The number of hydrogen-bond donors (Lipinski definition) is 1. The standard InChI is InChI=1S/C21H23NO4/c1-13-11-15(8-7-14-5-3-2-4-6-14)26-21(24)19(13)20(23)22-17-12-18-16(17)9-10-25-18/h2-6,11,16-18H,7-10,12H2,1H3,(H,22,23)/t16-,17+,18+/m0/s1. The first kappa shape index (κ1) is 17.0. The number of hydrogen-bond acceptors (Lipinski definition) is 4. The quantitative estimate of drug-likeness (QED) is 0.897. The van der Waals surface area contributed by atoms with E-state index in [1.165, 1.54) is 5.56 Å². The average Bonchev–Trinajstić information content (AvgIpc) is 2.99. The van der Waals surface area contributed by atoms with E-state index in [9.17, 15) is 9.59 Å². The smallest absolute Gasteiger partial charge is 0.349 e. The summed E-state index contributed by atoms with van der Waals surface area (Å²) in [5, 5.41) is 2.98. The van der Waals surface area contributed by atoms with E-state index in [-0.39, 0.29) is 23.6 Å². The van der Waals surface area contributed by atoms with Crippen molar-refractivity contribution in [1.29, 1.82) is 0 Å². The highest BCUT2D eigenvalue weighted by Gasteiger charge is 2.46. The first-order chi connectivity index (χ1) is 12.6. The molecule has 0 bridgehead atoms. The van der Waals surface area contributed by atoms with Crippen LogP contribution < -0.4 is 10.9 Å². The maximum Gasteiger partial charge on any atom is 0.349 e. The fourth-order valence-corrected chi connectivity index (χ4v) is 3.99. The van der Waals surface area contributed by atoms with Gasteiger partial charge in [-0.3, -0.25) is 4.79 Å². The van der Waals surface area contributed by atoms with Gasteiger partial charge in [0.15, 0.2) is 0 Å². The van der Waals surface area contributed by atoms with Gasteiger partial charge in [0, 0.05) is 25.0 Å². The van der Waals surface area contributed by atoms with Gasteiger partial charge in [0.05, 0.1) is 6.10 Å². The summed E-state index contributed by atoms with van der Waals surface area (Å²) in [5.74, 6) is 0.665. The van der Waals surface area contributed by atoms with E-state index < -0.39 is 5.63 Å². The maximum atomic E-state index is 12.6. The van der Waals surface area contributed by atoms with Crippen LogP contribution in [-0.2, 0) is 17.6 Å². The lowest BCUT2D eigenvalue weighted by molar-refractivity contribution is 0.00804. The number of carbonyl (C=O) groups is 1. The third-order valence-electron chi connectivity index (χ3n) is 5.51. The van der Waals surface area contributed by atoms with Crippen LogP contribution >= 0.6 is 0 Å². The van der Waals surface area contributed by atoms with Gasteiger partial charge >= 0.3 is 5.63 Å². The Kier molecular flexibility index (Phi) is 4.64. The number of carbonyl (C=O) groups excluding carboxylic acids is 1. The number of aryl methyl sites for hydroxylation is 3. The zero-order valence-electron chi connectivity index (χ0n) is 14.9. The summed E-state index contributed by atoms with van der Waals surface area (Å²) >= 11 is 0. The van der Waals surface area contributed by atoms with E-state index in [0.717, 1.165) is 25.9 Å². The second-order valence-electron chi connectivity index (χ2n) is 7.22. The minimum absolute atomic E-state index is 0.103. The third-order valence-corrected chi connectivity index (χ3v) is 5.51. The van der Waals surface area contributed by atoms with Crippen LogP contribution in [0.15, 0.2) is 45.6 Å². The van der Waals surface area contributed by atoms with Gasteiger partial charge in [-0.05, 0) is 43.4 Å². The van der Waals surface area contributed by atoms with E-state index in [0.29, 0.717) is 23.7 Å². The second kappa shape index (κ2) is 7.08. The SMILES string of the molecule is Cc1cc(CCc2ccccc2)oc(=O)c1C(=O)N[C@@H]1C[C@H]2OCC[C@@H]12. The van der Waals surface area contributed by atoms with E-state index in [2.05, 4.69) is 5.32 Å². The summed E-state index contributed by atoms with van der Waals surface area (Å²) in [6, 6.07) is 12.0. The molecule has 1 aromatic heterocycles. The Balaban J connectivity index is 1.43. The lowest BCUT2D eigenvalue weighted by Gasteiger charge is -2.39. The lowest BCUT2D eigenvalue weighted by Crippen LogP contribution is -2.54. The predicted octanol–water partition coefficient (Wildman–Crippen LogP) is 2.64. The minimum Gasteiger partial charge on any atom is -0.427 e. The second-order valence-corrected chi connectivity index (χ2v) is 7.22. The molecule has 26 heavy (non-hydrogen) atoms. The van der Waals surface area contributed by atoms with Crippen molar-refractivity contribution in [2.75, 3.05) is 6.61 Å². The normalized spacial score (nSPS) is 24.0. The lowest BCUT2D eigenvalue weighted by atomic mass is 9.76. The number of nitrogens with one attached hydrogen (secondary N) is 1. The molecular formula is C21H23NO4. The summed E-state index contributed by atoms with van der Waals surface area (Å²) in [6.07, 6.45) is 3.50. The van der Waals surface area contributed by atoms with Crippen LogP contribution in [0, 0.1) is 12.8 Å². The first-order valence-electron chi connectivity index (χ1n) is 9.22. The molecule has 2 aliphatic rings. The largest absolute Gasteiger partial charge is 0.427 e. The number of rotatable bonds is 5. The van der Waals surface area contributed by atoms with Gasteiger partial charge in [-0.15, -0.1) is 0 Å². The predicted molar refractivity (Wildman–Crippen MR) is 97.3 cm³/mol. The van der Waals surface area contributed by atoms with E-state index in [1.807, 2.05) is 36.4 Å². The Bertz CT molecular complexity index is 858. The molecule has 1 saturated heterocycles. The first-order valence-corrected chi connectivity index (χ1v) is 9.22. The van der Waals surface area contributed by atoms with Crippen molar-refractivity contribution < 1.29 is 13.9 Å². The zero-order valence-corrected chi connectivity index (χ0v) is 14.9. The summed E-state index contributed by atoms with van der Waals surface area (Å²) in [5.41, 5.74) is 1.42. The molecule has 3 atom stereocenters.